The molecule has 2 aromatic rings. The first-order valence-electron chi connectivity index (χ1n) is 9.43. The lowest BCUT2D eigenvalue weighted by Gasteiger charge is -2.21. The Kier molecular flexibility index (Phi) is 5.54. The van der Waals surface area contributed by atoms with Crippen molar-refractivity contribution >= 4 is 5.78 Å². The number of halogens is 3. The number of rotatable bonds is 5. The number of hydrogen-bond donors (Lipinski definition) is 1. The number of pyridine rings is 1. The number of carbonyl (C=O) groups is 1. The lowest BCUT2D eigenvalue weighted by atomic mass is 9.86. The number of alkyl halides is 3. The van der Waals surface area contributed by atoms with E-state index in [-0.39, 0.29) is 45.7 Å². The Morgan fingerprint density at radius 2 is 1.73 bits per heavy atom. The largest absolute Gasteiger partial charge is 0.431 e. The summed E-state index contributed by atoms with van der Waals surface area (Å²) in [5, 5.41) is 18.4. The van der Waals surface area contributed by atoms with Crippen LogP contribution in [0.5, 0.6) is 0 Å². The van der Waals surface area contributed by atoms with E-state index in [1.165, 1.54) is 18.2 Å². The molecule has 8 heteroatoms. The fraction of sp³-hybridized carbons (Fsp3) is 0.364. The minimum Gasteiger partial charge on any atom is -0.318 e. The molecule has 0 spiro atoms. The van der Waals surface area contributed by atoms with Gasteiger partial charge < -0.3 is 4.98 Å². The SMILES string of the molecule is CC(C)c1c(C(=O)c2cc(C#N)cc(C#N)c2)c(CC2CC2)c(C(F)(F)F)[nH]c1=O. The molecule has 1 aliphatic rings. The predicted molar refractivity (Wildman–Crippen MR) is 102 cm³/mol. The number of nitriles is 2. The van der Waals surface area contributed by atoms with Crippen molar-refractivity contribution in [3.8, 4) is 12.1 Å². The molecule has 1 heterocycles. The molecule has 154 valence electrons. The molecule has 1 aromatic carbocycles. The Hall–Kier alpha value is -3.39. The van der Waals surface area contributed by atoms with Crippen LogP contribution in [0.4, 0.5) is 13.2 Å². The molecule has 0 amide bonds. The van der Waals surface area contributed by atoms with E-state index < -0.39 is 29.1 Å². The van der Waals surface area contributed by atoms with Gasteiger partial charge in [-0.2, -0.15) is 23.7 Å². The van der Waals surface area contributed by atoms with E-state index in [1.54, 1.807) is 13.8 Å². The number of H-pyrrole nitrogens is 1. The van der Waals surface area contributed by atoms with Crippen LogP contribution in [0.2, 0.25) is 0 Å². The van der Waals surface area contributed by atoms with Crippen LogP contribution in [0.25, 0.3) is 0 Å². The Morgan fingerprint density at radius 1 is 1.17 bits per heavy atom. The van der Waals surface area contributed by atoms with Gasteiger partial charge in [0, 0.05) is 16.7 Å². The van der Waals surface area contributed by atoms with Crippen molar-refractivity contribution in [2.45, 2.75) is 45.2 Å². The molecule has 1 N–H and O–H groups in total. The van der Waals surface area contributed by atoms with Gasteiger partial charge in [0.15, 0.2) is 5.78 Å². The molecule has 3 rings (SSSR count). The summed E-state index contributed by atoms with van der Waals surface area (Å²) in [4.78, 5) is 27.9. The van der Waals surface area contributed by atoms with Crippen molar-refractivity contribution in [1.82, 2.24) is 4.98 Å². The minimum absolute atomic E-state index is 0.0173. The smallest absolute Gasteiger partial charge is 0.318 e. The highest BCUT2D eigenvalue weighted by Crippen LogP contribution is 2.40. The molecule has 0 saturated heterocycles. The zero-order chi connectivity index (χ0) is 22.2. The van der Waals surface area contributed by atoms with Crippen molar-refractivity contribution in [1.29, 1.82) is 10.5 Å². The fourth-order valence-electron chi connectivity index (χ4n) is 3.56. The van der Waals surface area contributed by atoms with Gasteiger partial charge in [-0.25, -0.2) is 0 Å². The maximum Gasteiger partial charge on any atom is 0.431 e. The van der Waals surface area contributed by atoms with Crippen LogP contribution in [0.1, 0.15) is 76.5 Å². The molecular weight excluding hydrogens is 395 g/mol. The highest BCUT2D eigenvalue weighted by atomic mass is 19.4. The summed E-state index contributed by atoms with van der Waals surface area (Å²) in [5.74, 6) is -1.29. The van der Waals surface area contributed by atoms with Gasteiger partial charge in [0.05, 0.1) is 23.3 Å². The van der Waals surface area contributed by atoms with E-state index in [1.807, 2.05) is 17.1 Å². The van der Waals surface area contributed by atoms with Gasteiger partial charge in [0.1, 0.15) is 5.69 Å². The van der Waals surface area contributed by atoms with E-state index in [4.69, 9.17) is 0 Å². The molecule has 1 saturated carbocycles. The minimum atomic E-state index is -4.83. The fourth-order valence-corrected chi connectivity index (χ4v) is 3.56. The Bertz CT molecular complexity index is 1130. The van der Waals surface area contributed by atoms with Crippen molar-refractivity contribution in [3.05, 3.63) is 67.6 Å². The summed E-state index contributed by atoms with van der Waals surface area (Å²) >= 11 is 0. The molecule has 0 radical (unpaired) electrons. The number of nitrogens with zero attached hydrogens (tertiary/aromatic N) is 2. The molecular formula is C22H18F3N3O2. The third kappa shape index (κ3) is 4.13. The highest BCUT2D eigenvalue weighted by Gasteiger charge is 2.40. The topological polar surface area (TPSA) is 97.5 Å². The summed E-state index contributed by atoms with van der Waals surface area (Å²) in [6.07, 6.45) is -3.30. The summed E-state index contributed by atoms with van der Waals surface area (Å²) in [6, 6.07) is 7.41. The molecule has 1 aliphatic carbocycles. The van der Waals surface area contributed by atoms with E-state index in [0.29, 0.717) is 0 Å². The van der Waals surface area contributed by atoms with Gasteiger partial charge in [-0.15, -0.1) is 0 Å². The lowest BCUT2D eigenvalue weighted by Crippen LogP contribution is -2.28. The first-order valence-corrected chi connectivity index (χ1v) is 9.43. The summed E-state index contributed by atoms with van der Waals surface area (Å²) < 4.78 is 41.2. The average molecular weight is 413 g/mol. The van der Waals surface area contributed by atoms with E-state index in [0.717, 1.165) is 12.8 Å². The standard InChI is InChI=1S/C22H18F3N3O2/c1-11(2)17-18(19(29)15-6-13(9-26)5-14(7-15)10-27)16(8-12-3-4-12)20(22(23,24)25)28-21(17)30/h5-7,11-12H,3-4,8H2,1-2H3,(H,28,30). The van der Waals surface area contributed by atoms with Crippen LogP contribution in [0.3, 0.4) is 0 Å². The van der Waals surface area contributed by atoms with Gasteiger partial charge >= 0.3 is 6.18 Å². The third-order valence-electron chi connectivity index (χ3n) is 5.09. The monoisotopic (exact) mass is 413 g/mol. The zero-order valence-corrected chi connectivity index (χ0v) is 16.4. The van der Waals surface area contributed by atoms with Crippen molar-refractivity contribution < 1.29 is 18.0 Å². The Labute approximate surface area is 170 Å². The molecule has 0 aliphatic heterocycles. The number of hydrogen-bond acceptors (Lipinski definition) is 4. The quantitative estimate of drug-likeness (QED) is 0.733. The van der Waals surface area contributed by atoms with E-state index in [9.17, 15) is 33.3 Å². The number of aromatic amines is 1. The number of benzene rings is 1. The molecule has 5 nitrogen and oxygen atoms in total. The molecule has 0 bridgehead atoms. The lowest BCUT2D eigenvalue weighted by molar-refractivity contribution is -0.142. The van der Waals surface area contributed by atoms with Crippen LogP contribution in [0.15, 0.2) is 23.0 Å². The average Bonchev–Trinajstić information content (AvgIpc) is 3.50. The van der Waals surface area contributed by atoms with Crippen LogP contribution < -0.4 is 5.56 Å². The first kappa shape index (κ1) is 21.3. The summed E-state index contributed by atoms with van der Waals surface area (Å²) in [7, 11) is 0. The number of aromatic nitrogens is 1. The molecule has 0 unspecified atom stereocenters. The molecule has 0 atom stereocenters. The van der Waals surface area contributed by atoms with Crippen molar-refractivity contribution in [2.24, 2.45) is 5.92 Å². The van der Waals surface area contributed by atoms with Crippen LogP contribution in [0, 0.1) is 28.6 Å². The Balaban J connectivity index is 2.35. The van der Waals surface area contributed by atoms with Gasteiger partial charge in [-0.1, -0.05) is 13.8 Å². The first-order chi connectivity index (χ1) is 14.1. The predicted octanol–water partition coefficient (Wildman–Crippen LogP) is 4.44. The molecule has 1 fully saturated rings. The van der Waals surface area contributed by atoms with Gasteiger partial charge in [0.2, 0.25) is 0 Å². The zero-order valence-electron chi connectivity index (χ0n) is 16.4. The van der Waals surface area contributed by atoms with Crippen LogP contribution in [-0.4, -0.2) is 10.8 Å². The maximum atomic E-state index is 13.7. The third-order valence-corrected chi connectivity index (χ3v) is 5.09. The maximum absolute atomic E-state index is 13.7. The second-order valence-corrected chi connectivity index (χ2v) is 7.75. The van der Waals surface area contributed by atoms with Gasteiger partial charge in [0.25, 0.3) is 5.56 Å². The second kappa shape index (κ2) is 7.79. The van der Waals surface area contributed by atoms with Gasteiger partial charge in [-0.3, -0.25) is 9.59 Å². The van der Waals surface area contributed by atoms with E-state index >= 15 is 0 Å². The van der Waals surface area contributed by atoms with Crippen molar-refractivity contribution in [2.75, 3.05) is 0 Å². The molecule has 30 heavy (non-hydrogen) atoms. The second-order valence-electron chi connectivity index (χ2n) is 7.75. The number of ketones is 1. The summed E-state index contributed by atoms with van der Waals surface area (Å²) in [5.41, 5.74) is -2.71. The van der Waals surface area contributed by atoms with Crippen molar-refractivity contribution in [3.63, 3.8) is 0 Å². The Morgan fingerprint density at radius 3 is 2.17 bits per heavy atom. The van der Waals surface area contributed by atoms with E-state index in [2.05, 4.69) is 0 Å². The highest BCUT2D eigenvalue weighted by molar-refractivity contribution is 6.11. The number of carbonyl (C=O) groups excluding carboxylic acids is 1. The van der Waals surface area contributed by atoms with Gasteiger partial charge in [-0.05, 0) is 54.9 Å². The van der Waals surface area contributed by atoms with Crippen LogP contribution in [-0.2, 0) is 12.6 Å². The molecule has 1 aromatic heterocycles. The van der Waals surface area contributed by atoms with Crippen LogP contribution >= 0.6 is 0 Å². The summed E-state index contributed by atoms with van der Waals surface area (Å²) in [6.45, 7) is 3.25. The number of nitrogens with one attached hydrogen (secondary N) is 1. The normalized spacial score (nSPS) is 13.7.